The summed E-state index contributed by atoms with van der Waals surface area (Å²) in [5.74, 6) is 0.214. The van der Waals surface area contributed by atoms with Gasteiger partial charge in [-0.2, -0.15) is 0 Å². The lowest BCUT2D eigenvalue weighted by atomic mass is 10.1. The first-order chi connectivity index (χ1) is 15.9. The molecule has 0 aliphatic rings. The van der Waals surface area contributed by atoms with E-state index in [9.17, 15) is 9.59 Å². The largest absolute Gasteiger partial charge is 0.332 e. The van der Waals surface area contributed by atoms with Crippen molar-refractivity contribution in [2.45, 2.75) is 33.4 Å². The molecular weight excluding hydrogens is 498 g/mol. The minimum atomic E-state index is -0.266. The topological polar surface area (TPSA) is 52.7 Å². The first kappa shape index (κ1) is 25.0. The summed E-state index contributed by atoms with van der Waals surface area (Å²) in [6.07, 6.45) is 0.928. The van der Waals surface area contributed by atoms with Gasteiger partial charge in [-0.1, -0.05) is 78.7 Å². The van der Waals surface area contributed by atoms with Gasteiger partial charge in [0.15, 0.2) is 0 Å². The SMILES string of the molecule is CCC(C)CN(CC(=O)N(Cc1ccccc1)Cc1cccs1)C(=O)Nc1cccc(Br)c1. The molecule has 174 valence electrons. The Kier molecular flexibility index (Phi) is 9.51. The van der Waals surface area contributed by atoms with E-state index in [0.29, 0.717) is 25.3 Å². The molecule has 33 heavy (non-hydrogen) atoms. The van der Waals surface area contributed by atoms with Crippen molar-refractivity contribution < 1.29 is 9.59 Å². The Morgan fingerprint density at radius 2 is 1.79 bits per heavy atom. The molecule has 0 bridgehead atoms. The van der Waals surface area contributed by atoms with Crippen LogP contribution in [0.1, 0.15) is 30.7 Å². The summed E-state index contributed by atoms with van der Waals surface area (Å²) in [6.45, 7) is 5.76. The summed E-state index contributed by atoms with van der Waals surface area (Å²) in [5.41, 5.74) is 1.75. The van der Waals surface area contributed by atoms with Crippen LogP contribution < -0.4 is 5.32 Å². The Hall–Kier alpha value is -2.64. The maximum Gasteiger partial charge on any atom is 0.322 e. The van der Waals surface area contributed by atoms with Gasteiger partial charge in [-0.05, 0) is 41.1 Å². The second-order valence-corrected chi connectivity index (χ2v) is 10.1. The molecule has 1 N–H and O–H groups in total. The van der Waals surface area contributed by atoms with Crippen LogP contribution in [0.25, 0.3) is 0 Å². The van der Waals surface area contributed by atoms with Gasteiger partial charge in [0.25, 0.3) is 0 Å². The molecule has 7 heteroatoms. The first-order valence-corrected chi connectivity index (χ1v) is 12.8. The van der Waals surface area contributed by atoms with Gasteiger partial charge in [-0.25, -0.2) is 4.79 Å². The highest BCUT2D eigenvalue weighted by Crippen LogP contribution is 2.18. The van der Waals surface area contributed by atoms with Crippen molar-refractivity contribution in [3.63, 3.8) is 0 Å². The standard InChI is InChI=1S/C26H30BrN3O2S/c1-3-20(2)16-30(26(32)28-23-12-7-11-22(27)15-23)19-25(31)29(18-24-13-8-14-33-24)17-21-9-5-4-6-10-21/h4-15,20H,3,16-19H2,1-2H3,(H,28,32). The van der Waals surface area contributed by atoms with Gasteiger partial charge in [-0.15, -0.1) is 11.3 Å². The third-order valence-corrected chi connectivity index (χ3v) is 6.77. The van der Waals surface area contributed by atoms with E-state index in [2.05, 4.69) is 35.1 Å². The number of rotatable bonds is 10. The molecule has 5 nitrogen and oxygen atoms in total. The molecule has 0 saturated carbocycles. The number of nitrogens with one attached hydrogen (secondary N) is 1. The van der Waals surface area contributed by atoms with E-state index < -0.39 is 0 Å². The third kappa shape index (κ3) is 8.02. The lowest BCUT2D eigenvalue weighted by Crippen LogP contribution is -2.45. The van der Waals surface area contributed by atoms with Crippen molar-refractivity contribution in [2.24, 2.45) is 5.92 Å². The Morgan fingerprint density at radius 1 is 1.00 bits per heavy atom. The van der Waals surface area contributed by atoms with Crippen LogP contribution >= 0.6 is 27.3 Å². The highest BCUT2D eigenvalue weighted by molar-refractivity contribution is 9.10. The van der Waals surface area contributed by atoms with Crippen molar-refractivity contribution in [3.05, 3.63) is 87.0 Å². The fraction of sp³-hybridized carbons (Fsp3) is 0.308. The van der Waals surface area contributed by atoms with Crippen LogP contribution in [-0.4, -0.2) is 34.8 Å². The molecule has 0 saturated heterocycles. The second kappa shape index (κ2) is 12.6. The Morgan fingerprint density at radius 3 is 2.45 bits per heavy atom. The number of thiophene rings is 1. The van der Waals surface area contributed by atoms with Crippen molar-refractivity contribution >= 4 is 44.9 Å². The van der Waals surface area contributed by atoms with Gasteiger partial charge in [0.1, 0.15) is 6.54 Å². The van der Waals surface area contributed by atoms with E-state index in [4.69, 9.17) is 0 Å². The van der Waals surface area contributed by atoms with Gasteiger partial charge >= 0.3 is 6.03 Å². The lowest BCUT2D eigenvalue weighted by molar-refractivity contribution is -0.133. The molecule has 2 aromatic carbocycles. The van der Waals surface area contributed by atoms with Gasteiger partial charge in [0.05, 0.1) is 6.54 Å². The maximum absolute atomic E-state index is 13.5. The van der Waals surface area contributed by atoms with Gasteiger partial charge in [0, 0.05) is 28.1 Å². The number of hydrogen-bond acceptors (Lipinski definition) is 3. The number of benzene rings is 2. The van der Waals surface area contributed by atoms with Crippen molar-refractivity contribution in [1.82, 2.24) is 9.80 Å². The minimum Gasteiger partial charge on any atom is -0.332 e. The fourth-order valence-electron chi connectivity index (χ4n) is 3.38. The fourth-order valence-corrected chi connectivity index (χ4v) is 4.50. The summed E-state index contributed by atoms with van der Waals surface area (Å²) in [7, 11) is 0. The molecule has 1 aromatic heterocycles. The van der Waals surface area contributed by atoms with E-state index in [1.165, 1.54) is 0 Å². The molecule has 0 spiro atoms. The smallest absolute Gasteiger partial charge is 0.322 e. The average Bonchev–Trinajstić information content (AvgIpc) is 3.32. The molecule has 3 amide bonds. The maximum atomic E-state index is 13.5. The molecule has 0 fully saturated rings. The van der Waals surface area contributed by atoms with Crippen molar-refractivity contribution in [2.75, 3.05) is 18.4 Å². The minimum absolute atomic E-state index is 0.0301. The number of carbonyl (C=O) groups excluding carboxylic acids is 2. The third-order valence-electron chi connectivity index (χ3n) is 5.41. The van der Waals surface area contributed by atoms with Crippen LogP contribution in [0.2, 0.25) is 0 Å². The summed E-state index contributed by atoms with van der Waals surface area (Å²) >= 11 is 5.07. The first-order valence-electron chi connectivity index (χ1n) is 11.1. The van der Waals surface area contributed by atoms with Gasteiger partial charge in [-0.3, -0.25) is 4.79 Å². The second-order valence-electron chi connectivity index (χ2n) is 8.15. The molecule has 1 atom stereocenters. The Balaban J connectivity index is 1.76. The normalized spacial score (nSPS) is 11.6. The van der Waals surface area contributed by atoms with Crippen LogP contribution in [0.4, 0.5) is 10.5 Å². The number of anilines is 1. The highest BCUT2D eigenvalue weighted by Gasteiger charge is 2.23. The Labute approximate surface area is 208 Å². The van der Waals surface area contributed by atoms with Crippen molar-refractivity contribution in [1.29, 1.82) is 0 Å². The van der Waals surface area contributed by atoms with E-state index in [0.717, 1.165) is 21.3 Å². The zero-order valence-electron chi connectivity index (χ0n) is 19.0. The summed E-state index contributed by atoms with van der Waals surface area (Å²) < 4.78 is 0.884. The number of urea groups is 1. The molecular formula is C26H30BrN3O2S. The zero-order valence-corrected chi connectivity index (χ0v) is 21.4. The van der Waals surface area contributed by atoms with Gasteiger partial charge in [0.2, 0.25) is 5.91 Å². The van der Waals surface area contributed by atoms with E-state index in [-0.39, 0.29) is 24.4 Å². The van der Waals surface area contributed by atoms with Crippen LogP contribution in [0.3, 0.4) is 0 Å². The monoisotopic (exact) mass is 527 g/mol. The van der Waals surface area contributed by atoms with E-state index >= 15 is 0 Å². The highest BCUT2D eigenvalue weighted by atomic mass is 79.9. The zero-order chi connectivity index (χ0) is 23.6. The number of carbonyl (C=O) groups is 2. The van der Waals surface area contributed by atoms with E-state index in [1.807, 2.05) is 77.0 Å². The molecule has 3 rings (SSSR count). The molecule has 0 aliphatic heterocycles. The predicted molar refractivity (Wildman–Crippen MR) is 139 cm³/mol. The Bertz CT molecular complexity index is 1030. The average molecular weight is 529 g/mol. The number of nitrogens with zero attached hydrogens (tertiary/aromatic N) is 2. The van der Waals surface area contributed by atoms with Crippen molar-refractivity contribution in [3.8, 4) is 0 Å². The summed E-state index contributed by atoms with van der Waals surface area (Å²) in [4.78, 5) is 31.2. The van der Waals surface area contributed by atoms with Crippen LogP contribution in [0, 0.1) is 5.92 Å². The van der Waals surface area contributed by atoms with Crippen LogP contribution in [-0.2, 0) is 17.9 Å². The van der Waals surface area contributed by atoms with E-state index in [1.54, 1.807) is 16.2 Å². The number of amides is 3. The molecule has 0 aliphatic carbocycles. The summed E-state index contributed by atoms with van der Waals surface area (Å²) in [6, 6.07) is 21.2. The molecule has 3 aromatic rings. The molecule has 1 unspecified atom stereocenters. The van der Waals surface area contributed by atoms with Crippen LogP contribution in [0.5, 0.6) is 0 Å². The number of halogens is 1. The molecule has 0 radical (unpaired) electrons. The predicted octanol–water partition coefficient (Wildman–Crippen LogP) is 6.62. The lowest BCUT2D eigenvalue weighted by Gasteiger charge is -2.29. The summed E-state index contributed by atoms with van der Waals surface area (Å²) in [5, 5.41) is 4.96. The van der Waals surface area contributed by atoms with Gasteiger partial charge < -0.3 is 15.1 Å². The van der Waals surface area contributed by atoms with Crippen LogP contribution in [0.15, 0.2) is 76.6 Å². The molecule has 1 heterocycles. The number of hydrogen-bond donors (Lipinski definition) is 1. The quantitative estimate of drug-likeness (QED) is 0.322.